The highest BCUT2D eigenvalue weighted by Crippen LogP contribution is 2.30. The molecule has 1 aromatic heterocycles. The Balaban J connectivity index is 1.72. The van der Waals surface area contributed by atoms with Gasteiger partial charge in [0.15, 0.2) is 0 Å². The predicted octanol–water partition coefficient (Wildman–Crippen LogP) is 5.74. The number of likely N-dealkylation sites (N-methyl/N-ethyl adjacent to an activating group) is 1. The summed E-state index contributed by atoms with van der Waals surface area (Å²) in [5.74, 6) is 1.49. The van der Waals surface area contributed by atoms with E-state index in [9.17, 15) is 4.39 Å². The molecule has 1 fully saturated rings. The molecule has 194 valence electrons. The Morgan fingerprint density at radius 3 is 2.28 bits per heavy atom. The van der Waals surface area contributed by atoms with Crippen molar-refractivity contribution < 1.29 is 4.39 Å². The van der Waals surface area contributed by atoms with Gasteiger partial charge in [0, 0.05) is 51.4 Å². The third-order valence-corrected chi connectivity index (χ3v) is 7.25. The maximum Gasteiger partial charge on any atom is 0.137 e. The first-order valence-electron chi connectivity index (χ1n) is 13.3. The second-order valence-electron chi connectivity index (χ2n) is 10.7. The second kappa shape index (κ2) is 11.6. The Hall–Kier alpha value is -2.70. The van der Waals surface area contributed by atoms with Gasteiger partial charge in [-0.05, 0) is 68.6 Å². The zero-order chi connectivity index (χ0) is 25.8. The zero-order valence-electron chi connectivity index (χ0n) is 22.9. The number of hydrogen-bond donors (Lipinski definition) is 0. The molecule has 0 unspecified atom stereocenters. The van der Waals surface area contributed by atoms with Crippen LogP contribution in [-0.4, -0.2) is 58.8 Å². The number of aryl methyl sites for hydroxylation is 3. The van der Waals surface area contributed by atoms with Crippen molar-refractivity contribution in [2.45, 2.75) is 54.6 Å². The Bertz CT molecular complexity index is 1140. The van der Waals surface area contributed by atoms with Crippen molar-refractivity contribution in [3.8, 4) is 5.69 Å². The lowest BCUT2D eigenvalue weighted by atomic mass is 10.0. The van der Waals surface area contributed by atoms with E-state index in [0.29, 0.717) is 5.92 Å². The van der Waals surface area contributed by atoms with Crippen LogP contribution < -0.4 is 4.90 Å². The third-order valence-electron chi connectivity index (χ3n) is 7.25. The maximum absolute atomic E-state index is 13.7. The summed E-state index contributed by atoms with van der Waals surface area (Å²) >= 11 is 0. The predicted molar refractivity (Wildman–Crippen MR) is 147 cm³/mol. The van der Waals surface area contributed by atoms with Gasteiger partial charge in [0.2, 0.25) is 0 Å². The number of anilines is 1. The molecule has 3 aromatic rings. The molecule has 0 radical (unpaired) electrons. The van der Waals surface area contributed by atoms with Crippen LogP contribution in [0.4, 0.5) is 10.2 Å². The molecule has 0 amide bonds. The summed E-state index contributed by atoms with van der Waals surface area (Å²) in [5.41, 5.74) is 7.25. The summed E-state index contributed by atoms with van der Waals surface area (Å²) in [4.78, 5) is 7.54. The highest BCUT2D eigenvalue weighted by atomic mass is 19.1. The van der Waals surface area contributed by atoms with E-state index in [2.05, 4.69) is 74.4 Å². The third kappa shape index (κ3) is 6.16. The Kier molecular flexibility index (Phi) is 8.47. The minimum atomic E-state index is -0.224. The van der Waals surface area contributed by atoms with Crippen LogP contribution >= 0.6 is 0 Å². The van der Waals surface area contributed by atoms with Crippen molar-refractivity contribution in [1.29, 1.82) is 0 Å². The van der Waals surface area contributed by atoms with E-state index in [1.165, 1.54) is 34.4 Å². The molecule has 36 heavy (non-hydrogen) atoms. The fourth-order valence-corrected chi connectivity index (χ4v) is 5.23. The number of nitrogens with zero attached hydrogens (tertiary/aromatic N) is 5. The minimum Gasteiger partial charge on any atom is -0.354 e. The van der Waals surface area contributed by atoms with Gasteiger partial charge in [0.1, 0.15) is 11.6 Å². The number of hydrogen-bond acceptors (Lipinski definition) is 4. The normalized spacial score (nSPS) is 14.9. The zero-order valence-corrected chi connectivity index (χ0v) is 22.9. The summed E-state index contributed by atoms with van der Waals surface area (Å²) in [7, 11) is 0. The first-order chi connectivity index (χ1) is 17.2. The van der Waals surface area contributed by atoms with E-state index in [1.54, 1.807) is 0 Å². The molecule has 6 heteroatoms. The van der Waals surface area contributed by atoms with Crippen LogP contribution in [0.2, 0.25) is 0 Å². The molecule has 0 atom stereocenters. The summed E-state index contributed by atoms with van der Waals surface area (Å²) in [5, 5.41) is 5.01. The Morgan fingerprint density at radius 1 is 0.944 bits per heavy atom. The monoisotopic (exact) mass is 491 g/mol. The maximum atomic E-state index is 13.7. The number of aromatic nitrogens is 2. The molecule has 1 aliphatic rings. The van der Waals surface area contributed by atoms with Crippen molar-refractivity contribution in [2.24, 2.45) is 5.92 Å². The van der Waals surface area contributed by atoms with Gasteiger partial charge in [0.05, 0.1) is 11.4 Å². The van der Waals surface area contributed by atoms with Crippen LogP contribution in [0.5, 0.6) is 0 Å². The summed E-state index contributed by atoms with van der Waals surface area (Å²) < 4.78 is 15.8. The van der Waals surface area contributed by atoms with E-state index in [0.717, 1.165) is 69.6 Å². The Labute approximate surface area is 216 Å². The van der Waals surface area contributed by atoms with Crippen molar-refractivity contribution in [1.82, 2.24) is 19.6 Å². The average molecular weight is 492 g/mol. The van der Waals surface area contributed by atoms with Gasteiger partial charge in [-0.25, -0.2) is 9.07 Å². The minimum absolute atomic E-state index is 0.224. The molecule has 2 aromatic carbocycles. The van der Waals surface area contributed by atoms with Crippen LogP contribution in [0.1, 0.15) is 48.7 Å². The fourth-order valence-electron chi connectivity index (χ4n) is 5.23. The van der Waals surface area contributed by atoms with Crippen LogP contribution in [-0.2, 0) is 13.1 Å². The second-order valence-corrected chi connectivity index (χ2v) is 10.7. The van der Waals surface area contributed by atoms with Gasteiger partial charge in [-0.2, -0.15) is 5.10 Å². The van der Waals surface area contributed by atoms with Crippen LogP contribution in [0.3, 0.4) is 0 Å². The lowest BCUT2D eigenvalue weighted by Crippen LogP contribution is -2.47. The first-order valence-corrected chi connectivity index (χ1v) is 13.3. The number of piperazine rings is 1. The van der Waals surface area contributed by atoms with E-state index in [-0.39, 0.29) is 5.82 Å². The Morgan fingerprint density at radius 2 is 1.64 bits per heavy atom. The lowest BCUT2D eigenvalue weighted by molar-refractivity contribution is 0.226. The topological polar surface area (TPSA) is 27.5 Å². The van der Waals surface area contributed by atoms with Crippen LogP contribution in [0.25, 0.3) is 5.69 Å². The fraction of sp³-hybridized carbons (Fsp3) is 0.500. The standard InChI is InChI=1S/C30H42FN5/c1-7-33-14-16-35(17-15-33)30-29(25(6)32-36(30)28-12-10-27(31)11-13-28)21-34(19-22(2)3)20-26-18-23(4)8-9-24(26)5/h8-13,18,22H,7,14-17,19-21H2,1-6H3. The van der Waals surface area contributed by atoms with Gasteiger partial charge in [-0.15, -0.1) is 0 Å². The molecule has 4 rings (SSSR count). The van der Waals surface area contributed by atoms with E-state index in [1.807, 2.05) is 16.8 Å². The molecule has 0 N–H and O–H groups in total. The molecule has 2 heterocycles. The van der Waals surface area contributed by atoms with E-state index < -0.39 is 0 Å². The van der Waals surface area contributed by atoms with E-state index in [4.69, 9.17) is 5.10 Å². The first kappa shape index (κ1) is 26.4. The van der Waals surface area contributed by atoms with Gasteiger partial charge >= 0.3 is 0 Å². The van der Waals surface area contributed by atoms with Crippen molar-refractivity contribution >= 4 is 5.82 Å². The molecule has 1 aliphatic heterocycles. The molecule has 5 nitrogen and oxygen atoms in total. The molecular formula is C30H42FN5. The molecular weight excluding hydrogens is 449 g/mol. The van der Waals surface area contributed by atoms with Crippen LogP contribution in [0, 0.1) is 32.5 Å². The van der Waals surface area contributed by atoms with Gasteiger partial charge in [0.25, 0.3) is 0 Å². The number of rotatable bonds is 9. The van der Waals surface area contributed by atoms with Crippen molar-refractivity contribution in [3.63, 3.8) is 0 Å². The molecule has 1 saturated heterocycles. The summed E-state index contributed by atoms with van der Waals surface area (Å²) in [6.07, 6.45) is 0. The highest BCUT2D eigenvalue weighted by Gasteiger charge is 2.26. The lowest BCUT2D eigenvalue weighted by Gasteiger charge is -2.36. The number of benzene rings is 2. The van der Waals surface area contributed by atoms with Crippen molar-refractivity contribution in [2.75, 3.05) is 44.2 Å². The molecule has 0 saturated carbocycles. The summed E-state index contributed by atoms with van der Waals surface area (Å²) in [6, 6.07) is 13.5. The molecule has 0 bridgehead atoms. The quantitative estimate of drug-likeness (QED) is 0.382. The van der Waals surface area contributed by atoms with Gasteiger partial charge in [-0.3, -0.25) is 4.90 Å². The van der Waals surface area contributed by atoms with Gasteiger partial charge < -0.3 is 9.80 Å². The van der Waals surface area contributed by atoms with E-state index >= 15 is 0 Å². The SMILES string of the molecule is CCN1CCN(c2c(CN(Cc3cc(C)ccc3C)CC(C)C)c(C)nn2-c2ccc(F)cc2)CC1. The van der Waals surface area contributed by atoms with Crippen LogP contribution in [0.15, 0.2) is 42.5 Å². The largest absolute Gasteiger partial charge is 0.354 e. The smallest absolute Gasteiger partial charge is 0.137 e. The number of halogens is 1. The van der Waals surface area contributed by atoms with Gasteiger partial charge in [-0.1, -0.05) is 44.5 Å². The molecule has 0 spiro atoms. The van der Waals surface area contributed by atoms with Crippen molar-refractivity contribution in [3.05, 3.63) is 76.2 Å². The average Bonchev–Trinajstić information content (AvgIpc) is 3.17. The molecule has 0 aliphatic carbocycles. The summed E-state index contributed by atoms with van der Waals surface area (Å²) in [6.45, 7) is 21.2. The highest BCUT2D eigenvalue weighted by molar-refractivity contribution is 5.56.